The topological polar surface area (TPSA) is 17.8 Å². The lowest BCUT2D eigenvalue weighted by Gasteiger charge is -2.04. The predicted molar refractivity (Wildman–Crippen MR) is 52.8 cm³/mol. The number of allylic oxidation sites excluding steroid dienone is 2. The van der Waals surface area contributed by atoms with Gasteiger partial charge in [0.25, 0.3) is 0 Å². The molecule has 1 heterocycles. The zero-order chi connectivity index (χ0) is 8.39. The van der Waals surface area contributed by atoms with Crippen LogP contribution in [-0.4, -0.2) is 15.8 Å². The Morgan fingerprint density at radius 2 is 2.42 bits per heavy atom. The smallest absolute Gasteiger partial charge is 0.0989 e. The normalized spacial score (nSPS) is 17.4. The van der Waals surface area contributed by atoms with Crippen LogP contribution < -0.4 is 0 Å². The van der Waals surface area contributed by atoms with Crippen molar-refractivity contribution in [1.29, 1.82) is 0 Å². The molecule has 0 spiro atoms. The fourth-order valence-electron chi connectivity index (χ4n) is 1.61. The number of hydrogen-bond acceptors (Lipinski definition) is 2. The Labute approximate surface area is 76.7 Å². The summed E-state index contributed by atoms with van der Waals surface area (Å²) in [6.07, 6.45) is 11.6. The molecule has 0 saturated carbocycles. The molecule has 2 rings (SSSR count). The van der Waals surface area contributed by atoms with E-state index in [4.69, 9.17) is 0 Å². The summed E-state index contributed by atoms with van der Waals surface area (Å²) in [4.78, 5) is 5.58. The molecule has 0 saturated heterocycles. The monoisotopic (exact) mass is 180 g/mol. The predicted octanol–water partition coefficient (Wildman–Crippen LogP) is 2.60. The molecule has 0 amide bonds. The zero-order valence-electron chi connectivity index (χ0n) is 7.16. The van der Waals surface area contributed by atoms with Crippen molar-refractivity contribution in [1.82, 2.24) is 9.55 Å². The Morgan fingerprint density at radius 3 is 3.08 bits per heavy atom. The van der Waals surface area contributed by atoms with Gasteiger partial charge in [-0.15, -0.1) is 11.8 Å². The van der Waals surface area contributed by atoms with Crippen molar-refractivity contribution >= 4 is 17.5 Å². The number of hydrogen-bond donors (Lipinski definition) is 0. The molecule has 1 aromatic heterocycles. The SMILES string of the molecule is CSC1=C(n2ccnc2)CCC1. The quantitative estimate of drug-likeness (QED) is 0.696. The maximum atomic E-state index is 4.06. The van der Waals surface area contributed by atoms with E-state index < -0.39 is 0 Å². The first-order chi connectivity index (χ1) is 5.92. The van der Waals surface area contributed by atoms with Gasteiger partial charge < -0.3 is 4.57 Å². The average molecular weight is 180 g/mol. The molecule has 3 heteroatoms. The highest BCUT2D eigenvalue weighted by molar-refractivity contribution is 8.02. The molecule has 1 aliphatic carbocycles. The van der Waals surface area contributed by atoms with Crippen molar-refractivity contribution in [3.8, 4) is 0 Å². The highest BCUT2D eigenvalue weighted by atomic mass is 32.2. The number of imidazole rings is 1. The summed E-state index contributed by atoms with van der Waals surface area (Å²) >= 11 is 1.87. The molecule has 0 unspecified atom stereocenters. The molecule has 0 fully saturated rings. The lowest BCUT2D eigenvalue weighted by atomic mass is 10.3. The minimum atomic E-state index is 1.20. The molecular formula is C9H12N2S. The molecule has 0 N–H and O–H groups in total. The van der Waals surface area contributed by atoms with Crippen molar-refractivity contribution in [2.75, 3.05) is 6.26 Å². The molecule has 0 atom stereocenters. The first-order valence-corrected chi connectivity index (χ1v) is 5.38. The van der Waals surface area contributed by atoms with Crippen LogP contribution in [0.25, 0.3) is 5.70 Å². The van der Waals surface area contributed by atoms with Gasteiger partial charge in [0.1, 0.15) is 0 Å². The lowest BCUT2D eigenvalue weighted by Crippen LogP contribution is -1.91. The Hall–Kier alpha value is -0.700. The van der Waals surface area contributed by atoms with E-state index in [2.05, 4.69) is 15.8 Å². The van der Waals surface area contributed by atoms with Crippen LogP contribution in [0.3, 0.4) is 0 Å². The summed E-state index contributed by atoms with van der Waals surface area (Å²) in [5.74, 6) is 0. The summed E-state index contributed by atoms with van der Waals surface area (Å²) in [6, 6.07) is 0. The Kier molecular flexibility index (Phi) is 2.21. The van der Waals surface area contributed by atoms with Gasteiger partial charge in [0.2, 0.25) is 0 Å². The number of nitrogens with zero attached hydrogens (tertiary/aromatic N) is 2. The third-order valence-corrected chi connectivity index (χ3v) is 3.13. The van der Waals surface area contributed by atoms with Gasteiger partial charge >= 0.3 is 0 Å². The highest BCUT2D eigenvalue weighted by Crippen LogP contribution is 2.35. The van der Waals surface area contributed by atoms with Gasteiger partial charge in [-0.05, 0) is 25.5 Å². The molecule has 1 aromatic rings. The van der Waals surface area contributed by atoms with Crippen LogP contribution in [0.5, 0.6) is 0 Å². The summed E-state index contributed by atoms with van der Waals surface area (Å²) < 4.78 is 2.14. The van der Waals surface area contributed by atoms with Crippen molar-refractivity contribution in [3.05, 3.63) is 23.6 Å². The van der Waals surface area contributed by atoms with E-state index in [0.29, 0.717) is 0 Å². The van der Waals surface area contributed by atoms with E-state index in [1.165, 1.54) is 29.9 Å². The van der Waals surface area contributed by atoms with Crippen molar-refractivity contribution in [2.45, 2.75) is 19.3 Å². The summed E-state index contributed by atoms with van der Waals surface area (Å²) in [6.45, 7) is 0. The van der Waals surface area contributed by atoms with Gasteiger partial charge in [-0.3, -0.25) is 0 Å². The second-order valence-electron chi connectivity index (χ2n) is 2.90. The number of aromatic nitrogens is 2. The largest absolute Gasteiger partial charge is 0.309 e. The second kappa shape index (κ2) is 3.35. The average Bonchev–Trinajstić information content (AvgIpc) is 2.74. The molecule has 0 radical (unpaired) electrons. The maximum absolute atomic E-state index is 4.06. The third-order valence-electron chi connectivity index (χ3n) is 2.20. The van der Waals surface area contributed by atoms with E-state index in [1.54, 1.807) is 0 Å². The Morgan fingerprint density at radius 1 is 1.50 bits per heavy atom. The number of thioether (sulfide) groups is 1. The van der Waals surface area contributed by atoms with Crippen LogP contribution >= 0.6 is 11.8 Å². The van der Waals surface area contributed by atoms with Crippen LogP contribution in [-0.2, 0) is 0 Å². The van der Waals surface area contributed by atoms with Crippen LogP contribution in [0.4, 0.5) is 0 Å². The zero-order valence-corrected chi connectivity index (χ0v) is 7.97. The highest BCUT2D eigenvalue weighted by Gasteiger charge is 2.14. The van der Waals surface area contributed by atoms with Gasteiger partial charge in [-0.25, -0.2) is 4.98 Å². The van der Waals surface area contributed by atoms with Crippen LogP contribution in [0, 0.1) is 0 Å². The van der Waals surface area contributed by atoms with Gasteiger partial charge in [0.05, 0.1) is 6.33 Å². The molecular weight excluding hydrogens is 168 g/mol. The van der Waals surface area contributed by atoms with Crippen LogP contribution in [0.15, 0.2) is 23.6 Å². The second-order valence-corrected chi connectivity index (χ2v) is 3.80. The molecule has 2 nitrogen and oxygen atoms in total. The number of rotatable bonds is 2. The third kappa shape index (κ3) is 1.29. The van der Waals surface area contributed by atoms with Crippen molar-refractivity contribution in [3.63, 3.8) is 0 Å². The van der Waals surface area contributed by atoms with E-state index in [-0.39, 0.29) is 0 Å². The summed E-state index contributed by atoms with van der Waals surface area (Å²) in [7, 11) is 0. The molecule has 0 aliphatic heterocycles. The standard InChI is InChI=1S/C9H12N2S/c1-12-9-4-2-3-8(9)11-6-5-10-7-11/h5-7H,2-4H2,1H3. The van der Waals surface area contributed by atoms with Gasteiger partial charge in [-0.1, -0.05) is 0 Å². The fourth-order valence-corrected chi connectivity index (χ4v) is 2.40. The van der Waals surface area contributed by atoms with Gasteiger partial charge in [-0.2, -0.15) is 0 Å². The van der Waals surface area contributed by atoms with Crippen molar-refractivity contribution in [2.24, 2.45) is 0 Å². The van der Waals surface area contributed by atoms with Crippen molar-refractivity contribution < 1.29 is 0 Å². The van der Waals surface area contributed by atoms with Crippen LogP contribution in [0.2, 0.25) is 0 Å². The molecule has 0 bridgehead atoms. The lowest BCUT2D eigenvalue weighted by molar-refractivity contribution is 0.902. The molecule has 64 valence electrons. The Balaban J connectivity index is 2.33. The van der Waals surface area contributed by atoms with E-state index in [1.807, 2.05) is 30.5 Å². The summed E-state index contributed by atoms with van der Waals surface area (Å²) in [5.41, 5.74) is 1.44. The maximum Gasteiger partial charge on any atom is 0.0989 e. The molecule has 0 aromatic carbocycles. The minimum absolute atomic E-state index is 1.20. The fraction of sp³-hybridized carbons (Fsp3) is 0.444. The molecule has 1 aliphatic rings. The van der Waals surface area contributed by atoms with E-state index in [9.17, 15) is 0 Å². The van der Waals surface area contributed by atoms with Gasteiger partial charge in [0, 0.05) is 23.0 Å². The van der Waals surface area contributed by atoms with Crippen LogP contribution in [0.1, 0.15) is 19.3 Å². The van der Waals surface area contributed by atoms with E-state index in [0.717, 1.165) is 0 Å². The van der Waals surface area contributed by atoms with Gasteiger partial charge in [0.15, 0.2) is 0 Å². The first-order valence-electron chi connectivity index (χ1n) is 4.16. The van der Waals surface area contributed by atoms with E-state index >= 15 is 0 Å². The summed E-state index contributed by atoms with van der Waals surface area (Å²) in [5, 5.41) is 0. The minimum Gasteiger partial charge on any atom is -0.309 e. The Bertz CT molecular complexity index is 287. The first kappa shape index (κ1) is 7.92. The molecule has 12 heavy (non-hydrogen) atoms.